The second-order valence-electron chi connectivity index (χ2n) is 5.07. The number of primary amides is 1. The molecule has 1 unspecified atom stereocenters. The first-order valence-electron chi connectivity index (χ1n) is 6.53. The lowest BCUT2D eigenvalue weighted by Crippen LogP contribution is -2.22. The summed E-state index contributed by atoms with van der Waals surface area (Å²) in [4.78, 5) is 11.7. The molecule has 0 radical (unpaired) electrons. The zero-order chi connectivity index (χ0) is 13.8. The Hall–Kier alpha value is -2.09. The number of rotatable bonds is 4. The predicted octanol–water partition coefficient (Wildman–Crippen LogP) is 3.43. The second kappa shape index (κ2) is 5.70. The topological polar surface area (TPSA) is 43.1 Å². The summed E-state index contributed by atoms with van der Waals surface area (Å²) < 4.78 is 0. The van der Waals surface area contributed by atoms with Crippen LogP contribution in [0.15, 0.2) is 54.6 Å². The SMILES string of the molecule is CC(C)c1ccc(C(C(N)=O)c2ccccc2)cc1. The van der Waals surface area contributed by atoms with Crippen LogP contribution in [-0.2, 0) is 4.79 Å². The molecular formula is C17H19NO. The molecule has 0 aliphatic rings. The van der Waals surface area contributed by atoms with Gasteiger partial charge in [-0.3, -0.25) is 4.79 Å². The Morgan fingerprint density at radius 1 is 0.842 bits per heavy atom. The molecule has 1 atom stereocenters. The maximum absolute atomic E-state index is 11.7. The van der Waals surface area contributed by atoms with Crippen LogP contribution in [-0.4, -0.2) is 5.91 Å². The number of hydrogen-bond donors (Lipinski definition) is 1. The van der Waals surface area contributed by atoms with Gasteiger partial charge in [-0.2, -0.15) is 0 Å². The van der Waals surface area contributed by atoms with Gasteiger partial charge in [0.25, 0.3) is 0 Å². The van der Waals surface area contributed by atoms with E-state index in [9.17, 15) is 4.79 Å². The number of hydrogen-bond acceptors (Lipinski definition) is 1. The molecule has 2 N–H and O–H groups in total. The molecule has 0 saturated carbocycles. The van der Waals surface area contributed by atoms with Crippen LogP contribution >= 0.6 is 0 Å². The number of nitrogens with two attached hydrogens (primary N) is 1. The number of amides is 1. The van der Waals surface area contributed by atoms with Gasteiger partial charge in [0.1, 0.15) is 0 Å². The zero-order valence-electron chi connectivity index (χ0n) is 11.3. The third kappa shape index (κ3) is 3.02. The van der Waals surface area contributed by atoms with Crippen molar-refractivity contribution in [3.8, 4) is 0 Å². The fourth-order valence-electron chi connectivity index (χ4n) is 2.24. The minimum Gasteiger partial charge on any atom is -0.369 e. The highest BCUT2D eigenvalue weighted by Crippen LogP contribution is 2.25. The Bertz CT molecular complexity index is 543. The van der Waals surface area contributed by atoms with Crippen LogP contribution in [0.3, 0.4) is 0 Å². The molecule has 2 nitrogen and oxygen atoms in total. The lowest BCUT2D eigenvalue weighted by molar-refractivity contribution is -0.118. The fraction of sp³-hybridized carbons (Fsp3) is 0.235. The third-order valence-corrected chi connectivity index (χ3v) is 3.35. The van der Waals surface area contributed by atoms with Crippen LogP contribution in [0.5, 0.6) is 0 Å². The third-order valence-electron chi connectivity index (χ3n) is 3.35. The van der Waals surface area contributed by atoms with Gasteiger partial charge >= 0.3 is 0 Å². The molecule has 0 aliphatic carbocycles. The number of carbonyl (C=O) groups excluding carboxylic acids is 1. The Kier molecular flexibility index (Phi) is 4.00. The van der Waals surface area contributed by atoms with Gasteiger partial charge in [-0.1, -0.05) is 68.4 Å². The van der Waals surface area contributed by atoms with Crippen molar-refractivity contribution in [3.63, 3.8) is 0 Å². The van der Waals surface area contributed by atoms with E-state index < -0.39 is 0 Å². The maximum atomic E-state index is 11.7. The molecule has 0 fully saturated rings. The van der Waals surface area contributed by atoms with Gasteiger partial charge < -0.3 is 5.73 Å². The molecule has 1 amide bonds. The molecule has 0 aromatic heterocycles. The molecule has 98 valence electrons. The van der Waals surface area contributed by atoms with Crippen molar-refractivity contribution in [2.75, 3.05) is 0 Å². The van der Waals surface area contributed by atoms with Crippen LogP contribution in [0.25, 0.3) is 0 Å². The van der Waals surface area contributed by atoms with Crippen LogP contribution in [0.4, 0.5) is 0 Å². The monoisotopic (exact) mass is 253 g/mol. The van der Waals surface area contributed by atoms with Gasteiger partial charge in [-0.25, -0.2) is 0 Å². The van der Waals surface area contributed by atoms with Crippen molar-refractivity contribution >= 4 is 5.91 Å². The molecular weight excluding hydrogens is 234 g/mol. The quantitative estimate of drug-likeness (QED) is 0.891. The van der Waals surface area contributed by atoms with E-state index in [1.54, 1.807) is 0 Å². The summed E-state index contributed by atoms with van der Waals surface area (Å²) in [5.41, 5.74) is 8.71. The molecule has 0 bridgehead atoms. The van der Waals surface area contributed by atoms with Gasteiger partial charge in [0.05, 0.1) is 5.92 Å². The van der Waals surface area contributed by atoms with Crippen LogP contribution in [0.1, 0.15) is 42.4 Å². The predicted molar refractivity (Wildman–Crippen MR) is 78.0 cm³/mol. The van der Waals surface area contributed by atoms with Gasteiger partial charge in [-0.15, -0.1) is 0 Å². The molecule has 2 aromatic carbocycles. The van der Waals surface area contributed by atoms with E-state index in [2.05, 4.69) is 26.0 Å². The Balaban J connectivity index is 2.38. The Labute approximate surface area is 114 Å². The summed E-state index contributed by atoms with van der Waals surface area (Å²) in [6, 6.07) is 17.8. The fourth-order valence-corrected chi connectivity index (χ4v) is 2.24. The normalized spacial score (nSPS) is 12.4. The van der Waals surface area contributed by atoms with Gasteiger partial charge in [0, 0.05) is 0 Å². The standard InChI is InChI=1S/C17H19NO/c1-12(2)13-8-10-15(11-9-13)16(17(18)19)14-6-4-3-5-7-14/h3-12,16H,1-2H3,(H2,18,19). The summed E-state index contributed by atoms with van der Waals surface area (Å²) in [6.45, 7) is 4.30. The van der Waals surface area contributed by atoms with Crippen molar-refractivity contribution in [2.24, 2.45) is 5.73 Å². The first kappa shape index (κ1) is 13.3. The highest BCUT2D eigenvalue weighted by Gasteiger charge is 2.19. The summed E-state index contributed by atoms with van der Waals surface area (Å²) >= 11 is 0. The van der Waals surface area contributed by atoms with E-state index in [1.807, 2.05) is 42.5 Å². The van der Waals surface area contributed by atoms with E-state index in [4.69, 9.17) is 5.73 Å². The van der Waals surface area contributed by atoms with Gasteiger partial charge in [-0.05, 0) is 22.6 Å². The molecule has 2 rings (SSSR count). The minimum absolute atomic E-state index is 0.316. The van der Waals surface area contributed by atoms with E-state index in [0.29, 0.717) is 5.92 Å². The average Bonchev–Trinajstić information content (AvgIpc) is 2.40. The lowest BCUT2D eigenvalue weighted by Gasteiger charge is -2.15. The molecule has 0 spiro atoms. The minimum atomic E-state index is -0.373. The van der Waals surface area contributed by atoms with Crippen molar-refractivity contribution < 1.29 is 4.79 Å². The van der Waals surface area contributed by atoms with Crippen molar-refractivity contribution in [1.82, 2.24) is 0 Å². The van der Waals surface area contributed by atoms with E-state index in [0.717, 1.165) is 11.1 Å². The molecule has 19 heavy (non-hydrogen) atoms. The smallest absolute Gasteiger partial charge is 0.229 e. The lowest BCUT2D eigenvalue weighted by atomic mass is 9.89. The summed E-state index contributed by atoms with van der Waals surface area (Å²) in [5.74, 6) is -0.205. The van der Waals surface area contributed by atoms with Gasteiger partial charge in [0.15, 0.2) is 0 Å². The Morgan fingerprint density at radius 3 is 1.79 bits per heavy atom. The summed E-state index contributed by atoms with van der Waals surface area (Å²) in [5, 5.41) is 0. The average molecular weight is 253 g/mol. The molecule has 2 heteroatoms. The summed E-state index contributed by atoms with van der Waals surface area (Å²) in [6.07, 6.45) is 0. The van der Waals surface area contributed by atoms with Crippen molar-refractivity contribution in [1.29, 1.82) is 0 Å². The van der Waals surface area contributed by atoms with E-state index in [1.165, 1.54) is 5.56 Å². The number of carbonyl (C=O) groups is 1. The van der Waals surface area contributed by atoms with Crippen LogP contribution < -0.4 is 5.73 Å². The van der Waals surface area contributed by atoms with E-state index in [-0.39, 0.29) is 11.8 Å². The first-order valence-corrected chi connectivity index (χ1v) is 6.53. The van der Waals surface area contributed by atoms with Crippen molar-refractivity contribution in [2.45, 2.75) is 25.7 Å². The molecule has 0 aliphatic heterocycles. The highest BCUT2D eigenvalue weighted by molar-refractivity contribution is 5.85. The van der Waals surface area contributed by atoms with E-state index >= 15 is 0 Å². The summed E-state index contributed by atoms with van der Waals surface area (Å²) in [7, 11) is 0. The maximum Gasteiger partial charge on any atom is 0.229 e. The van der Waals surface area contributed by atoms with Crippen molar-refractivity contribution in [3.05, 3.63) is 71.3 Å². The van der Waals surface area contributed by atoms with Gasteiger partial charge in [0.2, 0.25) is 5.91 Å². The van der Waals surface area contributed by atoms with Crippen LogP contribution in [0, 0.1) is 0 Å². The first-order chi connectivity index (χ1) is 9.09. The Morgan fingerprint density at radius 2 is 1.32 bits per heavy atom. The largest absolute Gasteiger partial charge is 0.369 e. The van der Waals surface area contributed by atoms with Crippen LogP contribution in [0.2, 0.25) is 0 Å². The molecule has 2 aromatic rings. The molecule has 0 saturated heterocycles. The molecule has 0 heterocycles. The number of benzene rings is 2. The highest BCUT2D eigenvalue weighted by atomic mass is 16.1. The zero-order valence-corrected chi connectivity index (χ0v) is 11.3. The second-order valence-corrected chi connectivity index (χ2v) is 5.07.